The van der Waals surface area contributed by atoms with Crippen LogP contribution in [0.15, 0.2) is 11.6 Å². The molecule has 6 heteroatoms. The minimum atomic E-state index is -1.14. The molecule has 0 aromatic heterocycles. The van der Waals surface area contributed by atoms with Gasteiger partial charge in [-0.2, -0.15) is 0 Å². The monoisotopic (exact) mass is 504 g/mol. The summed E-state index contributed by atoms with van der Waals surface area (Å²) in [6.07, 6.45) is 6.49. The molecular weight excluding hydrogens is 456 g/mol. The second-order valence-corrected chi connectivity index (χ2v) is 14.4. The summed E-state index contributed by atoms with van der Waals surface area (Å²) in [7, 11) is 0. The van der Waals surface area contributed by atoms with Crippen LogP contribution in [-0.4, -0.2) is 56.9 Å². The van der Waals surface area contributed by atoms with Crippen LogP contribution >= 0.6 is 0 Å². The van der Waals surface area contributed by atoms with Gasteiger partial charge in [0, 0.05) is 5.41 Å². The molecule has 0 amide bonds. The van der Waals surface area contributed by atoms with Crippen LogP contribution in [0, 0.1) is 56.7 Å². The number of rotatable bonds is 3. The first-order valence-electron chi connectivity index (χ1n) is 14.3. The third kappa shape index (κ3) is 2.96. The van der Waals surface area contributed by atoms with Gasteiger partial charge in [0.15, 0.2) is 0 Å². The van der Waals surface area contributed by atoms with E-state index in [0.717, 1.165) is 38.5 Å². The number of hydrogen-bond donors (Lipinski definition) is 5. The Bertz CT molecular complexity index is 942. The molecule has 0 bridgehead atoms. The van der Waals surface area contributed by atoms with E-state index in [9.17, 15) is 30.3 Å². The predicted molar refractivity (Wildman–Crippen MR) is 137 cm³/mol. The van der Waals surface area contributed by atoms with Crippen LogP contribution in [0.4, 0.5) is 0 Å². The quantitative estimate of drug-likeness (QED) is 0.371. The van der Waals surface area contributed by atoms with Gasteiger partial charge < -0.3 is 25.5 Å². The summed E-state index contributed by atoms with van der Waals surface area (Å²) in [5, 5.41) is 53.4. The number of aliphatic carboxylic acids is 1. The lowest BCUT2D eigenvalue weighted by Crippen LogP contribution is -2.69. The highest BCUT2D eigenvalue weighted by atomic mass is 16.4. The lowest BCUT2D eigenvalue weighted by Gasteiger charge is -2.71. The van der Waals surface area contributed by atoms with E-state index in [2.05, 4.69) is 40.7 Å². The molecule has 5 N–H and O–H groups in total. The van der Waals surface area contributed by atoms with Gasteiger partial charge in [-0.25, -0.2) is 0 Å². The third-order valence-electron chi connectivity index (χ3n) is 13.6. The minimum absolute atomic E-state index is 0.0496. The molecule has 6 nitrogen and oxygen atoms in total. The molecule has 0 saturated heterocycles. The lowest BCUT2D eigenvalue weighted by atomic mass is 9.33. The van der Waals surface area contributed by atoms with E-state index in [1.54, 1.807) is 0 Å². The summed E-state index contributed by atoms with van der Waals surface area (Å²) < 4.78 is 0. The molecule has 204 valence electrons. The number of fused-ring (bicyclic) bond motifs is 7. The molecule has 0 aromatic rings. The van der Waals surface area contributed by atoms with Gasteiger partial charge in [0.05, 0.1) is 30.8 Å². The molecule has 4 fully saturated rings. The van der Waals surface area contributed by atoms with Crippen molar-refractivity contribution < 1.29 is 30.3 Å². The summed E-state index contributed by atoms with van der Waals surface area (Å²) in [6.45, 7) is 10.8. The number of carboxylic acids is 1. The fourth-order valence-electron chi connectivity index (χ4n) is 11.1. The van der Waals surface area contributed by atoms with E-state index in [1.165, 1.54) is 5.57 Å². The van der Waals surface area contributed by atoms with Crippen molar-refractivity contribution in [3.63, 3.8) is 0 Å². The van der Waals surface area contributed by atoms with E-state index in [1.807, 2.05) is 0 Å². The SMILES string of the molecule is C[C@H]1[C@H](C)CC[C@]2(C(=O)O)CC[C@]3(C)C(=CC[C@@H]4[C@@]5(C)C[C@@H](O)[C@H](O)C(CO)(CO)C5CC[C@]43C)[C@H]12. The summed E-state index contributed by atoms with van der Waals surface area (Å²) in [4.78, 5) is 12.8. The topological polar surface area (TPSA) is 118 Å². The highest BCUT2D eigenvalue weighted by Gasteiger charge is 2.71. The van der Waals surface area contributed by atoms with Gasteiger partial charge in [-0.3, -0.25) is 4.79 Å². The number of aliphatic hydroxyl groups excluding tert-OH is 4. The molecule has 5 rings (SSSR count). The van der Waals surface area contributed by atoms with Crippen molar-refractivity contribution in [3.8, 4) is 0 Å². The number of aliphatic hydroxyl groups is 4. The average molecular weight is 505 g/mol. The zero-order valence-electron chi connectivity index (χ0n) is 22.8. The van der Waals surface area contributed by atoms with Gasteiger partial charge in [0.2, 0.25) is 0 Å². The maximum atomic E-state index is 12.8. The Labute approximate surface area is 216 Å². The van der Waals surface area contributed by atoms with E-state index < -0.39 is 29.0 Å². The zero-order valence-corrected chi connectivity index (χ0v) is 22.8. The van der Waals surface area contributed by atoms with Gasteiger partial charge in [0.1, 0.15) is 0 Å². The van der Waals surface area contributed by atoms with E-state index in [0.29, 0.717) is 24.7 Å². The fraction of sp³-hybridized carbons (Fsp3) is 0.900. The number of carboxylic acid groups (broad SMARTS) is 1. The maximum Gasteiger partial charge on any atom is 0.310 e. The number of hydrogen-bond acceptors (Lipinski definition) is 5. The standard InChI is InChI=1S/C30H48O6/c1-17-8-11-29(25(35)36)13-12-27(4)19(23(29)18(17)2)6-7-21-26(3)14-20(33)24(34)30(15-31,16-32)22(26)9-10-28(21,27)5/h6,17-18,20-24,31-34H,7-16H2,1-5H3,(H,35,36)/t17-,18+,20-,21-,22?,23+,24+,26-,27-,28-,29+/m1/s1. The summed E-state index contributed by atoms with van der Waals surface area (Å²) in [5.74, 6) is 0.354. The van der Waals surface area contributed by atoms with Gasteiger partial charge >= 0.3 is 5.97 Å². The Morgan fingerprint density at radius 1 is 0.972 bits per heavy atom. The summed E-state index contributed by atoms with van der Waals surface area (Å²) in [6, 6.07) is 0. The smallest absolute Gasteiger partial charge is 0.310 e. The maximum absolute atomic E-state index is 12.8. The second kappa shape index (κ2) is 8.27. The first-order valence-corrected chi connectivity index (χ1v) is 14.3. The highest BCUT2D eigenvalue weighted by molar-refractivity contribution is 5.76. The van der Waals surface area contributed by atoms with Crippen molar-refractivity contribution in [1.82, 2.24) is 0 Å². The van der Waals surface area contributed by atoms with Crippen molar-refractivity contribution in [2.24, 2.45) is 56.7 Å². The first kappa shape index (κ1) is 26.6. The molecule has 0 aromatic carbocycles. The second-order valence-electron chi connectivity index (χ2n) is 14.4. The van der Waals surface area contributed by atoms with Crippen LogP contribution in [0.5, 0.6) is 0 Å². The molecule has 4 saturated carbocycles. The molecule has 1 unspecified atom stereocenters. The normalized spacial score (nSPS) is 53.8. The fourth-order valence-corrected chi connectivity index (χ4v) is 11.1. The Kier molecular flexibility index (Phi) is 6.12. The van der Waals surface area contributed by atoms with Crippen LogP contribution in [0.2, 0.25) is 0 Å². The van der Waals surface area contributed by atoms with Crippen LogP contribution in [0.1, 0.15) is 86.0 Å². The van der Waals surface area contributed by atoms with Crippen LogP contribution in [0.25, 0.3) is 0 Å². The van der Waals surface area contributed by atoms with E-state index in [-0.39, 0.29) is 47.2 Å². The van der Waals surface area contributed by atoms with Crippen LogP contribution in [-0.2, 0) is 4.79 Å². The van der Waals surface area contributed by atoms with Gasteiger partial charge in [-0.15, -0.1) is 0 Å². The Balaban J connectivity index is 1.63. The summed E-state index contributed by atoms with van der Waals surface area (Å²) in [5.41, 5.74) is -1.00. The molecule has 5 aliphatic rings. The van der Waals surface area contributed by atoms with Gasteiger partial charge in [-0.1, -0.05) is 46.3 Å². The number of allylic oxidation sites excluding steroid dienone is 2. The van der Waals surface area contributed by atoms with Crippen molar-refractivity contribution in [2.75, 3.05) is 13.2 Å². The molecule has 0 aliphatic heterocycles. The molecular formula is C30H48O6. The summed E-state index contributed by atoms with van der Waals surface area (Å²) >= 11 is 0. The molecule has 11 atom stereocenters. The number of carbonyl (C=O) groups is 1. The van der Waals surface area contributed by atoms with Gasteiger partial charge in [0.25, 0.3) is 0 Å². The van der Waals surface area contributed by atoms with Crippen molar-refractivity contribution in [1.29, 1.82) is 0 Å². The Morgan fingerprint density at radius 3 is 2.25 bits per heavy atom. The van der Waals surface area contributed by atoms with Gasteiger partial charge in [-0.05, 0) is 97.2 Å². The van der Waals surface area contributed by atoms with Crippen molar-refractivity contribution >= 4 is 5.97 Å². The molecule has 0 radical (unpaired) electrons. The van der Waals surface area contributed by atoms with Crippen LogP contribution in [0.3, 0.4) is 0 Å². The third-order valence-corrected chi connectivity index (χ3v) is 13.6. The average Bonchev–Trinajstić information content (AvgIpc) is 2.83. The lowest BCUT2D eigenvalue weighted by molar-refractivity contribution is -0.257. The van der Waals surface area contributed by atoms with Crippen LogP contribution < -0.4 is 0 Å². The molecule has 0 heterocycles. The largest absolute Gasteiger partial charge is 0.481 e. The molecule has 5 aliphatic carbocycles. The predicted octanol–water partition coefficient (Wildman–Crippen LogP) is 4.01. The van der Waals surface area contributed by atoms with Crippen molar-refractivity contribution in [3.05, 3.63) is 11.6 Å². The molecule has 36 heavy (non-hydrogen) atoms. The highest BCUT2D eigenvalue weighted by Crippen LogP contribution is 2.75. The first-order chi connectivity index (χ1) is 16.8. The van der Waals surface area contributed by atoms with E-state index in [4.69, 9.17) is 0 Å². The minimum Gasteiger partial charge on any atom is -0.481 e. The van der Waals surface area contributed by atoms with E-state index >= 15 is 0 Å². The van der Waals surface area contributed by atoms with Crippen molar-refractivity contribution in [2.45, 2.75) is 98.2 Å². The zero-order chi connectivity index (χ0) is 26.5. The Hall–Kier alpha value is -0.950. The Morgan fingerprint density at radius 2 is 1.64 bits per heavy atom. The molecule has 0 spiro atoms.